The predicted molar refractivity (Wildman–Crippen MR) is 93.2 cm³/mol. The number of sulfonamides is 1. The number of nitrogens with zero attached hydrogens (tertiary/aromatic N) is 3. The second kappa shape index (κ2) is 7.26. The fourth-order valence-corrected chi connectivity index (χ4v) is 3.93. The molecule has 138 valence electrons. The topological polar surface area (TPSA) is 123 Å². The van der Waals surface area contributed by atoms with Crippen LogP contribution < -0.4 is 9.46 Å². The number of methoxy groups -OCH3 is 1. The normalized spacial score (nSPS) is 11.7. The van der Waals surface area contributed by atoms with Crippen LogP contribution in [-0.2, 0) is 16.4 Å². The van der Waals surface area contributed by atoms with Gasteiger partial charge in [-0.05, 0) is 32.0 Å². The molecule has 0 aliphatic carbocycles. The molecule has 0 amide bonds. The first-order valence-corrected chi connectivity index (χ1v) is 9.37. The van der Waals surface area contributed by atoms with Gasteiger partial charge < -0.3 is 9.15 Å². The number of ether oxygens (including phenoxy) is 1. The van der Waals surface area contributed by atoms with E-state index >= 15 is 0 Å². The molecule has 0 aliphatic heterocycles. The SMILES string of the molecule is COc1cccc(-c2nnc(CCNS(=O)(=O)c3c(C)n[nH]c3C)o2)c1. The van der Waals surface area contributed by atoms with Crippen LogP contribution in [0.1, 0.15) is 17.3 Å². The molecule has 2 N–H and O–H groups in total. The summed E-state index contributed by atoms with van der Waals surface area (Å²) in [4.78, 5) is 0.167. The molecule has 0 bridgehead atoms. The van der Waals surface area contributed by atoms with Crippen molar-refractivity contribution in [1.82, 2.24) is 25.1 Å². The molecular weight excluding hydrogens is 358 g/mol. The predicted octanol–water partition coefficient (Wildman–Crippen LogP) is 1.61. The molecule has 26 heavy (non-hydrogen) atoms. The van der Waals surface area contributed by atoms with E-state index in [9.17, 15) is 8.42 Å². The minimum atomic E-state index is -3.65. The van der Waals surface area contributed by atoms with E-state index < -0.39 is 10.0 Å². The first kappa shape index (κ1) is 18.1. The molecule has 0 aliphatic rings. The van der Waals surface area contributed by atoms with E-state index in [2.05, 4.69) is 25.1 Å². The highest BCUT2D eigenvalue weighted by atomic mass is 32.2. The quantitative estimate of drug-likeness (QED) is 0.641. The van der Waals surface area contributed by atoms with E-state index in [-0.39, 0.29) is 17.9 Å². The summed E-state index contributed by atoms with van der Waals surface area (Å²) in [7, 11) is -2.08. The maximum absolute atomic E-state index is 12.4. The summed E-state index contributed by atoms with van der Waals surface area (Å²) in [6.45, 7) is 3.43. The molecule has 0 saturated heterocycles. The Bertz CT molecular complexity index is 990. The molecule has 0 fully saturated rings. The lowest BCUT2D eigenvalue weighted by molar-refractivity contribution is 0.414. The Morgan fingerprint density at radius 3 is 2.77 bits per heavy atom. The fourth-order valence-electron chi connectivity index (χ4n) is 2.53. The Hall–Kier alpha value is -2.72. The monoisotopic (exact) mass is 377 g/mol. The lowest BCUT2D eigenvalue weighted by Crippen LogP contribution is -2.27. The van der Waals surface area contributed by atoms with E-state index in [1.165, 1.54) is 0 Å². The van der Waals surface area contributed by atoms with Crippen LogP contribution in [0.5, 0.6) is 5.75 Å². The standard InChI is InChI=1S/C16H19N5O4S/c1-10-15(11(2)19-18-10)26(22,23)17-8-7-14-20-21-16(25-14)12-5-4-6-13(9-12)24-3/h4-6,9,17H,7-8H2,1-3H3,(H,18,19). The summed E-state index contributed by atoms with van der Waals surface area (Å²) >= 11 is 0. The summed E-state index contributed by atoms with van der Waals surface area (Å²) < 4.78 is 38.0. The van der Waals surface area contributed by atoms with Crippen LogP contribution in [0, 0.1) is 13.8 Å². The molecule has 0 unspecified atom stereocenters. The summed E-state index contributed by atoms with van der Waals surface area (Å²) in [6.07, 6.45) is 0.270. The van der Waals surface area contributed by atoms with Gasteiger partial charge in [0.2, 0.25) is 21.8 Å². The molecule has 2 aromatic heterocycles. The van der Waals surface area contributed by atoms with Crippen LogP contribution in [0.3, 0.4) is 0 Å². The molecule has 9 nitrogen and oxygen atoms in total. The summed E-state index contributed by atoms with van der Waals surface area (Å²) in [5.41, 5.74) is 1.65. The highest BCUT2D eigenvalue weighted by Crippen LogP contribution is 2.22. The first-order valence-electron chi connectivity index (χ1n) is 7.89. The Morgan fingerprint density at radius 1 is 1.27 bits per heavy atom. The Balaban J connectivity index is 1.65. The number of rotatable bonds is 7. The summed E-state index contributed by atoms with van der Waals surface area (Å²) in [5.74, 6) is 1.37. The maximum atomic E-state index is 12.4. The van der Waals surface area contributed by atoms with E-state index in [4.69, 9.17) is 9.15 Å². The molecule has 3 rings (SSSR count). The number of H-pyrrole nitrogens is 1. The van der Waals surface area contributed by atoms with E-state index in [0.717, 1.165) is 5.56 Å². The van der Waals surface area contributed by atoms with Gasteiger partial charge in [-0.15, -0.1) is 10.2 Å². The molecule has 0 saturated carbocycles. The van der Waals surface area contributed by atoms with Crippen molar-refractivity contribution in [2.45, 2.75) is 25.2 Å². The average molecular weight is 377 g/mol. The largest absolute Gasteiger partial charge is 0.497 e. The van der Waals surface area contributed by atoms with Crippen molar-refractivity contribution < 1.29 is 17.6 Å². The smallest absolute Gasteiger partial charge is 0.247 e. The minimum absolute atomic E-state index is 0.131. The van der Waals surface area contributed by atoms with Crippen LogP contribution in [0.25, 0.3) is 11.5 Å². The van der Waals surface area contributed by atoms with Crippen molar-refractivity contribution in [2.24, 2.45) is 0 Å². The van der Waals surface area contributed by atoms with Gasteiger partial charge in [-0.2, -0.15) is 5.10 Å². The van der Waals surface area contributed by atoms with Gasteiger partial charge in [0.1, 0.15) is 10.6 Å². The fraction of sp³-hybridized carbons (Fsp3) is 0.312. The highest BCUT2D eigenvalue weighted by Gasteiger charge is 2.22. The van der Waals surface area contributed by atoms with Crippen LogP contribution in [-0.4, -0.2) is 42.5 Å². The molecule has 3 aromatic rings. The molecule has 2 heterocycles. The Kier molecular flexibility index (Phi) is 5.05. The zero-order valence-electron chi connectivity index (χ0n) is 14.6. The molecule has 0 spiro atoms. The van der Waals surface area contributed by atoms with Gasteiger partial charge in [-0.3, -0.25) is 5.10 Å². The average Bonchev–Trinajstić information content (AvgIpc) is 3.21. The van der Waals surface area contributed by atoms with Gasteiger partial charge in [0.05, 0.1) is 18.5 Å². The van der Waals surface area contributed by atoms with Crippen LogP contribution in [0.4, 0.5) is 0 Å². The Labute approximate surface area is 150 Å². The number of benzene rings is 1. The molecule has 0 atom stereocenters. The van der Waals surface area contributed by atoms with Crippen molar-refractivity contribution in [3.05, 3.63) is 41.5 Å². The lowest BCUT2D eigenvalue weighted by atomic mass is 10.2. The van der Waals surface area contributed by atoms with E-state index in [1.807, 2.05) is 18.2 Å². The van der Waals surface area contributed by atoms with Gasteiger partial charge in [0.15, 0.2) is 0 Å². The lowest BCUT2D eigenvalue weighted by Gasteiger charge is -2.05. The number of aryl methyl sites for hydroxylation is 2. The second-order valence-electron chi connectivity index (χ2n) is 5.64. The first-order chi connectivity index (χ1) is 12.4. The zero-order chi connectivity index (χ0) is 18.7. The number of aromatic amines is 1. The third-order valence-corrected chi connectivity index (χ3v) is 5.47. The van der Waals surface area contributed by atoms with Crippen molar-refractivity contribution in [3.8, 4) is 17.2 Å². The van der Waals surface area contributed by atoms with Crippen molar-refractivity contribution in [1.29, 1.82) is 0 Å². The van der Waals surface area contributed by atoms with E-state index in [1.54, 1.807) is 27.0 Å². The molecule has 1 aromatic carbocycles. The summed E-state index contributed by atoms with van der Waals surface area (Å²) in [6, 6.07) is 7.24. The van der Waals surface area contributed by atoms with Crippen LogP contribution >= 0.6 is 0 Å². The second-order valence-corrected chi connectivity index (χ2v) is 7.35. The van der Waals surface area contributed by atoms with E-state index in [0.29, 0.717) is 28.9 Å². The van der Waals surface area contributed by atoms with Gasteiger partial charge in [0, 0.05) is 18.5 Å². The molecule has 0 radical (unpaired) electrons. The highest BCUT2D eigenvalue weighted by molar-refractivity contribution is 7.89. The van der Waals surface area contributed by atoms with Crippen molar-refractivity contribution >= 4 is 10.0 Å². The minimum Gasteiger partial charge on any atom is -0.497 e. The van der Waals surface area contributed by atoms with Gasteiger partial charge in [0.25, 0.3) is 0 Å². The number of hydrogen-bond donors (Lipinski definition) is 2. The third kappa shape index (κ3) is 3.75. The van der Waals surface area contributed by atoms with Gasteiger partial charge in [-0.1, -0.05) is 6.07 Å². The van der Waals surface area contributed by atoms with Crippen LogP contribution in [0.2, 0.25) is 0 Å². The van der Waals surface area contributed by atoms with Gasteiger partial charge in [-0.25, -0.2) is 13.1 Å². The van der Waals surface area contributed by atoms with Crippen LogP contribution in [0.15, 0.2) is 33.6 Å². The Morgan fingerprint density at radius 2 is 2.08 bits per heavy atom. The number of aromatic nitrogens is 4. The zero-order valence-corrected chi connectivity index (χ0v) is 15.4. The number of hydrogen-bond acceptors (Lipinski definition) is 7. The van der Waals surface area contributed by atoms with Gasteiger partial charge >= 0.3 is 0 Å². The third-order valence-electron chi connectivity index (χ3n) is 3.74. The molecular formula is C16H19N5O4S. The van der Waals surface area contributed by atoms with Crippen molar-refractivity contribution in [3.63, 3.8) is 0 Å². The number of nitrogens with one attached hydrogen (secondary N) is 2. The maximum Gasteiger partial charge on any atom is 0.247 e. The molecule has 10 heteroatoms. The summed E-state index contributed by atoms with van der Waals surface area (Å²) in [5, 5.41) is 14.5. The van der Waals surface area contributed by atoms with Crippen molar-refractivity contribution in [2.75, 3.05) is 13.7 Å².